The summed E-state index contributed by atoms with van der Waals surface area (Å²) in [7, 11) is 0. The molecule has 2 aromatic rings. The molecule has 1 aromatic carbocycles. The van der Waals surface area contributed by atoms with Gasteiger partial charge in [-0.1, -0.05) is 6.07 Å². The molecular formula is C13H11F2N3O3. The fraction of sp³-hybridized carbons (Fsp3) is 0.154. The summed E-state index contributed by atoms with van der Waals surface area (Å²) in [5.41, 5.74) is -0.768. The number of imidazole rings is 1. The minimum absolute atomic E-state index is 0.0715. The Morgan fingerprint density at radius 2 is 1.95 bits per heavy atom. The number of nitrogens with zero attached hydrogens (tertiary/aromatic N) is 2. The third-order valence-electron chi connectivity index (χ3n) is 2.70. The molecule has 0 aliphatic heterocycles. The van der Waals surface area contributed by atoms with Crippen LogP contribution in [0, 0.1) is 11.6 Å². The van der Waals surface area contributed by atoms with Crippen molar-refractivity contribution in [1.82, 2.24) is 14.9 Å². The highest BCUT2D eigenvalue weighted by Gasteiger charge is 2.16. The van der Waals surface area contributed by atoms with Crippen molar-refractivity contribution in [2.75, 3.05) is 6.54 Å². The molecule has 0 atom stereocenters. The topological polar surface area (TPSA) is 84.2 Å². The monoisotopic (exact) mass is 295 g/mol. The van der Waals surface area contributed by atoms with Gasteiger partial charge in [0.05, 0.1) is 6.33 Å². The molecule has 2 N–H and O–H groups in total. The molecule has 0 spiro atoms. The van der Waals surface area contributed by atoms with Crippen molar-refractivity contribution in [3.05, 3.63) is 53.6 Å². The number of carbonyl (C=O) groups is 2. The second-order valence-corrected chi connectivity index (χ2v) is 4.15. The van der Waals surface area contributed by atoms with E-state index in [9.17, 15) is 18.4 Å². The van der Waals surface area contributed by atoms with E-state index in [1.807, 2.05) is 0 Å². The summed E-state index contributed by atoms with van der Waals surface area (Å²) >= 11 is 0. The van der Waals surface area contributed by atoms with Crippen LogP contribution in [0.15, 0.2) is 30.7 Å². The number of aromatic nitrogens is 2. The molecule has 2 rings (SSSR count). The van der Waals surface area contributed by atoms with E-state index in [2.05, 4.69) is 10.3 Å². The van der Waals surface area contributed by atoms with E-state index >= 15 is 0 Å². The Bertz CT molecular complexity index is 665. The third kappa shape index (κ3) is 3.41. The van der Waals surface area contributed by atoms with Crippen molar-refractivity contribution in [2.24, 2.45) is 0 Å². The number of carboxylic acid groups (broad SMARTS) is 1. The Balaban J connectivity index is 1.94. The van der Waals surface area contributed by atoms with Crippen LogP contribution in [0.5, 0.6) is 0 Å². The van der Waals surface area contributed by atoms with Gasteiger partial charge in [-0.3, -0.25) is 4.79 Å². The highest BCUT2D eigenvalue weighted by atomic mass is 19.1. The maximum Gasteiger partial charge on any atom is 0.356 e. The molecule has 0 saturated carbocycles. The Kier molecular flexibility index (Phi) is 4.27. The van der Waals surface area contributed by atoms with Gasteiger partial charge < -0.3 is 15.0 Å². The molecule has 0 aliphatic rings. The van der Waals surface area contributed by atoms with Crippen molar-refractivity contribution in [2.45, 2.75) is 6.54 Å². The number of benzene rings is 1. The lowest BCUT2D eigenvalue weighted by Crippen LogP contribution is -2.28. The normalized spacial score (nSPS) is 10.4. The van der Waals surface area contributed by atoms with Crippen molar-refractivity contribution in [3.63, 3.8) is 0 Å². The van der Waals surface area contributed by atoms with Gasteiger partial charge in [0.1, 0.15) is 17.2 Å². The van der Waals surface area contributed by atoms with Crippen LogP contribution in [-0.4, -0.2) is 33.1 Å². The third-order valence-corrected chi connectivity index (χ3v) is 2.70. The zero-order valence-electron chi connectivity index (χ0n) is 10.7. The Hall–Kier alpha value is -2.77. The predicted octanol–water partition coefficient (Wildman–Crippen LogP) is 1.29. The van der Waals surface area contributed by atoms with E-state index in [0.717, 1.165) is 12.1 Å². The number of hydrogen-bond acceptors (Lipinski definition) is 3. The minimum Gasteiger partial charge on any atom is -0.476 e. The standard InChI is InChI=1S/C13H11F2N3O3/c14-8-2-1-3-9(15)11(8)12(19)16-4-5-18-6-10(13(20)21)17-7-18/h1-3,6-7H,4-5H2,(H,16,19)(H,20,21). The number of hydrogen-bond donors (Lipinski definition) is 2. The number of halogens is 2. The first-order valence-electron chi connectivity index (χ1n) is 5.96. The molecule has 0 fully saturated rings. The van der Waals surface area contributed by atoms with Gasteiger partial charge in [-0.05, 0) is 12.1 Å². The fourth-order valence-corrected chi connectivity index (χ4v) is 1.69. The summed E-state index contributed by atoms with van der Waals surface area (Å²) in [6.45, 7) is 0.296. The van der Waals surface area contributed by atoms with E-state index in [1.165, 1.54) is 23.2 Å². The average molecular weight is 295 g/mol. The molecule has 8 heteroatoms. The predicted molar refractivity (Wildman–Crippen MR) is 67.9 cm³/mol. The lowest BCUT2D eigenvalue weighted by molar-refractivity contribution is 0.0690. The lowest BCUT2D eigenvalue weighted by Gasteiger charge is -2.07. The SMILES string of the molecule is O=C(O)c1cn(CCNC(=O)c2c(F)cccc2F)cn1. The van der Waals surface area contributed by atoms with Gasteiger partial charge in [-0.15, -0.1) is 0 Å². The van der Waals surface area contributed by atoms with Crippen molar-refractivity contribution < 1.29 is 23.5 Å². The summed E-state index contributed by atoms with van der Waals surface area (Å²) in [6.07, 6.45) is 2.58. The molecule has 110 valence electrons. The highest BCUT2D eigenvalue weighted by Crippen LogP contribution is 2.11. The summed E-state index contributed by atoms with van der Waals surface area (Å²) < 4.78 is 28.2. The van der Waals surface area contributed by atoms with Gasteiger partial charge in [0.15, 0.2) is 5.69 Å². The molecule has 0 unspecified atom stereocenters. The molecule has 6 nitrogen and oxygen atoms in total. The van der Waals surface area contributed by atoms with Crippen molar-refractivity contribution >= 4 is 11.9 Å². The summed E-state index contributed by atoms with van der Waals surface area (Å²) in [4.78, 5) is 25.9. The van der Waals surface area contributed by atoms with Crippen LogP contribution in [0.3, 0.4) is 0 Å². The van der Waals surface area contributed by atoms with Crippen LogP contribution >= 0.6 is 0 Å². The smallest absolute Gasteiger partial charge is 0.356 e. The lowest BCUT2D eigenvalue weighted by atomic mass is 10.2. The number of carboxylic acids is 1. The Morgan fingerprint density at radius 1 is 1.29 bits per heavy atom. The number of rotatable bonds is 5. The second-order valence-electron chi connectivity index (χ2n) is 4.15. The Labute approximate surface area is 118 Å². The van der Waals surface area contributed by atoms with Crippen LogP contribution in [0.1, 0.15) is 20.8 Å². The van der Waals surface area contributed by atoms with Crippen LogP contribution < -0.4 is 5.32 Å². The van der Waals surface area contributed by atoms with Gasteiger partial charge in [0, 0.05) is 19.3 Å². The first-order chi connectivity index (χ1) is 9.99. The number of aromatic carboxylic acids is 1. The average Bonchev–Trinajstić information content (AvgIpc) is 2.87. The fourth-order valence-electron chi connectivity index (χ4n) is 1.69. The molecule has 1 heterocycles. The van der Waals surface area contributed by atoms with Crippen molar-refractivity contribution in [1.29, 1.82) is 0 Å². The van der Waals surface area contributed by atoms with Gasteiger partial charge in [0.2, 0.25) is 0 Å². The number of nitrogens with one attached hydrogen (secondary N) is 1. The second kappa shape index (κ2) is 6.12. The van der Waals surface area contributed by atoms with Crippen molar-refractivity contribution in [3.8, 4) is 0 Å². The highest BCUT2D eigenvalue weighted by molar-refractivity contribution is 5.94. The molecule has 0 aliphatic carbocycles. The molecule has 1 aromatic heterocycles. The molecule has 0 bridgehead atoms. The summed E-state index contributed by atoms with van der Waals surface area (Å²) in [5, 5.41) is 11.0. The molecule has 1 amide bonds. The molecule has 0 radical (unpaired) electrons. The molecule has 21 heavy (non-hydrogen) atoms. The van der Waals surface area contributed by atoms with Gasteiger partial charge in [-0.2, -0.15) is 0 Å². The minimum atomic E-state index is -1.16. The summed E-state index contributed by atoms with van der Waals surface area (Å²) in [5.74, 6) is -3.91. The number of carbonyl (C=O) groups excluding carboxylic acids is 1. The first kappa shape index (κ1) is 14.6. The Morgan fingerprint density at radius 3 is 2.52 bits per heavy atom. The summed E-state index contributed by atoms with van der Waals surface area (Å²) in [6, 6.07) is 3.15. The van der Waals surface area contributed by atoms with E-state index in [1.54, 1.807) is 0 Å². The van der Waals surface area contributed by atoms with E-state index in [4.69, 9.17) is 5.11 Å². The van der Waals surface area contributed by atoms with Gasteiger partial charge in [0.25, 0.3) is 5.91 Å². The van der Waals surface area contributed by atoms with Crippen LogP contribution in [0.25, 0.3) is 0 Å². The zero-order valence-corrected chi connectivity index (χ0v) is 10.7. The molecule has 0 saturated heterocycles. The van der Waals surface area contributed by atoms with Crippen LogP contribution in [0.2, 0.25) is 0 Å². The zero-order chi connectivity index (χ0) is 15.4. The maximum absolute atomic E-state index is 13.4. The largest absolute Gasteiger partial charge is 0.476 e. The van der Waals surface area contributed by atoms with E-state index < -0.39 is 29.1 Å². The van der Waals surface area contributed by atoms with Gasteiger partial charge >= 0.3 is 5.97 Å². The molecular weight excluding hydrogens is 284 g/mol. The maximum atomic E-state index is 13.4. The first-order valence-corrected chi connectivity index (χ1v) is 5.96. The van der Waals surface area contributed by atoms with Gasteiger partial charge in [-0.25, -0.2) is 18.6 Å². The van der Waals surface area contributed by atoms with Crippen LogP contribution in [0.4, 0.5) is 8.78 Å². The van der Waals surface area contributed by atoms with E-state index in [-0.39, 0.29) is 18.8 Å². The van der Waals surface area contributed by atoms with Crippen LogP contribution in [-0.2, 0) is 6.54 Å². The number of amides is 1. The quantitative estimate of drug-likeness (QED) is 0.870. The van der Waals surface area contributed by atoms with E-state index in [0.29, 0.717) is 0 Å².